The molecule has 0 atom stereocenters. The predicted octanol–water partition coefficient (Wildman–Crippen LogP) is 3.46. The van der Waals surface area contributed by atoms with Crippen LogP contribution in [0, 0.1) is 27.6 Å². The van der Waals surface area contributed by atoms with E-state index in [1.165, 1.54) is 11.0 Å². The zero-order chi connectivity index (χ0) is 23.7. The van der Waals surface area contributed by atoms with E-state index in [9.17, 15) is 28.1 Å². The van der Waals surface area contributed by atoms with Gasteiger partial charge in [0.2, 0.25) is 0 Å². The van der Waals surface area contributed by atoms with Crippen molar-refractivity contribution < 1.29 is 27.6 Å². The molecule has 0 bridgehead atoms. The zero-order valence-electron chi connectivity index (χ0n) is 17.4. The van der Waals surface area contributed by atoms with Crippen molar-refractivity contribution in [2.75, 3.05) is 62.3 Å². The van der Waals surface area contributed by atoms with Gasteiger partial charge < -0.3 is 19.4 Å². The minimum absolute atomic E-state index is 0.161. The van der Waals surface area contributed by atoms with Gasteiger partial charge in [0.15, 0.2) is 17.5 Å². The largest absolute Gasteiger partial charge is 0.378 e. The number of nitro benzene ring substituents is 1. The second kappa shape index (κ2) is 9.44. The van der Waals surface area contributed by atoms with E-state index in [0.29, 0.717) is 26.3 Å². The second-order valence-corrected chi connectivity index (χ2v) is 8.08. The third-order valence-electron chi connectivity index (χ3n) is 5.74. The minimum Gasteiger partial charge on any atom is -0.378 e. The van der Waals surface area contributed by atoms with E-state index in [1.54, 1.807) is 9.80 Å². The van der Waals surface area contributed by atoms with Crippen molar-refractivity contribution in [1.82, 2.24) is 4.90 Å². The van der Waals surface area contributed by atoms with Gasteiger partial charge in [-0.2, -0.15) is 0 Å². The van der Waals surface area contributed by atoms with Crippen molar-refractivity contribution in [1.29, 1.82) is 0 Å². The van der Waals surface area contributed by atoms with Gasteiger partial charge in [-0.05, 0) is 18.2 Å². The van der Waals surface area contributed by atoms with Crippen molar-refractivity contribution in [2.24, 2.45) is 0 Å². The lowest BCUT2D eigenvalue weighted by Crippen LogP contribution is -2.49. The summed E-state index contributed by atoms with van der Waals surface area (Å²) in [6, 6.07) is 3.88. The molecule has 33 heavy (non-hydrogen) atoms. The van der Waals surface area contributed by atoms with Crippen LogP contribution in [-0.4, -0.2) is 68.2 Å². The molecule has 0 N–H and O–H groups in total. The van der Waals surface area contributed by atoms with Crippen LogP contribution >= 0.6 is 11.6 Å². The Labute approximate surface area is 192 Å². The zero-order valence-corrected chi connectivity index (χ0v) is 18.2. The number of nitrogens with zero attached hydrogens (tertiary/aromatic N) is 4. The lowest BCUT2D eigenvalue weighted by atomic mass is 10.1. The molecule has 0 radical (unpaired) electrons. The first-order valence-corrected chi connectivity index (χ1v) is 10.6. The highest BCUT2D eigenvalue weighted by Crippen LogP contribution is 2.36. The fourth-order valence-electron chi connectivity index (χ4n) is 3.99. The number of carbonyl (C=O) groups is 1. The Hall–Kier alpha value is -3.05. The van der Waals surface area contributed by atoms with Gasteiger partial charge in [0.05, 0.1) is 40.5 Å². The van der Waals surface area contributed by atoms with E-state index < -0.39 is 28.3 Å². The maximum absolute atomic E-state index is 14.7. The third kappa shape index (κ3) is 4.69. The summed E-state index contributed by atoms with van der Waals surface area (Å²) in [5, 5.41) is 11.4. The quantitative estimate of drug-likeness (QED) is 0.376. The number of carbonyl (C=O) groups excluding carboxylic acids is 1. The van der Waals surface area contributed by atoms with E-state index >= 15 is 0 Å². The summed E-state index contributed by atoms with van der Waals surface area (Å²) >= 11 is 5.91. The van der Waals surface area contributed by atoms with Crippen LogP contribution in [0.2, 0.25) is 5.02 Å². The maximum Gasteiger partial charge on any atom is 0.295 e. The standard InChI is InChI=1S/C21H20ClF3N4O4/c22-14-10-16(24)15(23)9-13(14)21(30)28-3-1-26(2-4-28)19-12-18(27-5-7-33-8-6-27)17(25)11-20(19)29(31)32/h9-12H,1-8H2. The van der Waals surface area contributed by atoms with Gasteiger partial charge in [-0.1, -0.05) is 11.6 Å². The summed E-state index contributed by atoms with van der Waals surface area (Å²) in [5.41, 5.74) is -0.0221. The summed E-state index contributed by atoms with van der Waals surface area (Å²) in [5.74, 6) is -3.59. The van der Waals surface area contributed by atoms with E-state index in [4.69, 9.17) is 16.3 Å². The van der Waals surface area contributed by atoms with Crippen LogP contribution in [0.3, 0.4) is 0 Å². The Balaban J connectivity index is 1.55. The Morgan fingerprint density at radius 1 is 0.879 bits per heavy atom. The van der Waals surface area contributed by atoms with E-state index in [2.05, 4.69) is 0 Å². The molecule has 0 aromatic heterocycles. The molecular weight excluding hydrogens is 465 g/mol. The van der Waals surface area contributed by atoms with Gasteiger partial charge >= 0.3 is 0 Å². The highest BCUT2D eigenvalue weighted by atomic mass is 35.5. The van der Waals surface area contributed by atoms with Crippen LogP contribution in [0.4, 0.5) is 30.2 Å². The van der Waals surface area contributed by atoms with Crippen molar-refractivity contribution in [3.8, 4) is 0 Å². The highest BCUT2D eigenvalue weighted by molar-refractivity contribution is 6.33. The smallest absolute Gasteiger partial charge is 0.295 e. The molecule has 2 aromatic rings. The van der Waals surface area contributed by atoms with Gasteiger partial charge in [0.1, 0.15) is 5.69 Å². The normalized spacial score (nSPS) is 16.8. The van der Waals surface area contributed by atoms with Gasteiger partial charge in [0, 0.05) is 39.3 Å². The molecule has 8 nitrogen and oxygen atoms in total. The number of rotatable bonds is 4. The van der Waals surface area contributed by atoms with Gasteiger partial charge in [-0.15, -0.1) is 0 Å². The fraction of sp³-hybridized carbons (Fsp3) is 0.381. The maximum atomic E-state index is 14.7. The number of halogens is 4. The number of hydrogen-bond donors (Lipinski definition) is 0. The Kier molecular flexibility index (Phi) is 6.61. The Morgan fingerprint density at radius 3 is 2.12 bits per heavy atom. The molecule has 2 aromatic carbocycles. The molecule has 0 unspecified atom stereocenters. The number of ether oxygens (including phenoxy) is 1. The van der Waals surface area contributed by atoms with Crippen LogP contribution in [0.5, 0.6) is 0 Å². The SMILES string of the molecule is O=C(c1cc(F)c(F)cc1Cl)N1CCN(c2cc(N3CCOCC3)c(F)cc2[N+](=O)[O-])CC1. The lowest BCUT2D eigenvalue weighted by molar-refractivity contribution is -0.384. The number of piperazine rings is 1. The number of amides is 1. The van der Waals surface area contributed by atoms with Crippen molar-refractivity contribution in [3.63, 3.8) is 0 Å². The number of nitro groups is 1. The first-order valence-electron chi connectivity index (χ1n) is 10.3. The fourth-order valence-corrected chi connectivity index (χ4v) is 4.22. The Morgan fingerprint density at radius 2 is 1.48 bits per heavy atom. The molecule has 1 amide bonds. The van der Waals surface area contributed by atoms with Crippen LogP contribution in [0.25, 0.3) is 0 Å². The van der Waals surface area contributed by atoms with E-state index in [-0.39, 0.29) is 53.8 Å². The molecule has 0 spiro atoms. The highest BCUT2D eigenvalue weighted by Gasteiger charge is 2.30. The van der Waals surface area contributed by atoms with Crippen LogP contribution in [0.15, 0.2) is 24.3 Å². The van der Waals surface area contributed by atoms with Gasteiger partial charge in [0.25, 0.3) is 11.6 Å². The molecule has 2 aliphatic rings. The summed E-state index contributed by atoms with van der Waals surface area (Å²) in [6.07, 6.45) is 0. The Bertz CT molecular complexity index is 1090. The van der Waals surface area contributed by atoms with E-state index in [0.717, 1.165) is 18.2 Å². The van der Waals surface area contributed by atoms with Crippen molar-refractivity contribution in [3.05, 3.63) is 62.4 Å². The molecule has 176 valence electrons. The minimum atomic E-state index is -1.18. The summed E-state index contributed by atoms with van der Waals surface area (Å²) < 4.78 is 46.9. The molecule has 0 saturated carbocycles. The third-order valence-corrected chi connectivity index (χ3v) is 6.05. The van der Waals surface area contributed by atoms with Crippen LogP contribution in [0.1, 0.15) is 10.4 Å². The molecule has 2 heterocycles. The first kappa shape index (κ1) is 23.1. The van der Waals surface area contributed by atoms with Crippen molar-refractivity contribution >= 4 is 34.6 Å². The molecule has 4 rings (SSSR count). The molecule has 2 saturated heterocycles. The molecule has 2 aliphatic heterocycles. The average molecular weight is 485 g/mol. The number of anilines is 2. The summed E-state index contributed by atoms with van der Waals surface area (Å²) in [6.45, 7) is 2.56. The number of morpholine rings is 1. The molecule has 12 heteroatoms. The first-order chi connectivity index (χ1) is 15.8. The average Bonchev–Trinajstić information content (AvgIpc) is 2.81. The summed E-state index contributed by atoms with van der Waals surface area (Å²) in [7, 11) is 0. The number of benzene rings is 2. The molecule has 0 aliphatic carbocycles. The topological polar surface area (TPSA) is 79.2 Å². The summed E-state index contributed by atoms with van der Waals surface area (Å²) in [4.78, 5) is 28.6. The van der Waals surface area contributed by atoms with Gasteiger partial charge in [-0.25, -0.2) is 13.2 Å². The van der Waals surface area contributed by atoms with Gasteiger partial charge in [-0.3, -0.25) is 14.9 Å². The van der Waals surface area contributed by atoms with Crippen LogP contribution in [-0.2, 0) is 4.74 Å². The molecule has 2 fully saturated rings. The van der Waals surface area contributed by atoms with E-state index in [1.807, 2.05) is 0 Å². The predicted molar refractivity (Wildman–Crippen MR) is 116 cm³/mol. The lowest BCUT2D eigenvalue weighted by Gasteiger charge is -2.36. The van der Waals surface area contributed by atoms with Crippen LogP contribution < -0.4 is 9.80 Å². The monoisotopic (exact) mass is 484 g/mol. The second-order valence-electron chi connectivity index (χ2n) is 7.67. The molecular formula is C21H20ClF3N4O4. The van der Waals surface area contributed by atoms with Crippen molar-refractivity contribution in [2.45, 2.75) is 0 Å². The number of hydrogen-bond acceptors (Lipinski definition) is 6.